The van der Waals surface area contributed by atoms with Crippen LogP contribution in [-0.4, -0.2) is 38.9 Å². The van der Waals surface area contributed by atoms with Gasteiger partial charge in [0.1, 0.15) is 0 Å². The van der Waals surface area contributed by atoms with Crippen molar-refractivity contribution in [3.63, 3.8) is 0 Å². The molecular weight excluding hydrogens is 398 g/mol. The summed E-state index contributed by atoms with van der Waals surface area (Å²) in [5, 5.41) is 11.9. The topological polar surface area (TPSA) is 141 Å². The number of rotatable bonds is 5. The van der Waals surface area contributed by atoms with Gasteiger partial charge in [-0.2, -0.15) is 5.01 Å². The standard InChI is InChI=1S/C16H10ClN3O5S.H2O/c17-12-3-1-2-4-13(12)26-8-14(21)18-19-15(22)10-6-5-9(20(24)25)7-11(10)16(19)23;/h1-7H,8H2,(H,18,21);1H2. The lowest BCUT2D eigenvalue weighted by atomic mass is 10.1. The van der Waals surface area contributed by atoms with Crippen molar-refractivity contribution in [1.29, 1.82) is 0 Å². The summed E-state index contributed by atoms with van der Waals surface area (Å²) in [4.78, 5) is 47.4. The highest BCUT2D eigenvalue weighted by molar-refractivity contribution is 8.00. The van der Waals surface area contributed by atoms with Crippen molar-refractivity contribution >= 4 is 46.8 Å². The fraction of sp³-hybridized carbons (Fsp3) is 0.0625. The molecule has 0 radical (unpaired) electrons. The van der Waals surface area contributed by atoms with E-state index < -0.39 is 22.6 Å². The van der Waals surface area contributed by atoms with Crippen LogP contribution < -0.4 is 5.43 Å². The number of carbonyl (C=O) groups excluding carboxylic acids is 3. The summed E-state index contributed by atoms with van der Waals surface area (Å²) in [5.74, 6) is -2.21. The van der Waals surface area contributed by atoms with E-state index >= 15 is 0 Å². The number of nitrogens with one attached hydrogen (secondary N) is 1. The third-order valence-corrected chi connectivity index (χ3v) is 5.03. The van der Waals surface area contributed by atoms with Gasteiger partial charge in [-0.05, 0) is 18.2 Å². The first-order chi connectivity index (χ1) is 12.4. The Labute approximate surface area is 161 Å². The number of nitrogens with zero attached hydrogens (tertiary/aromatic N) is 2. The van der Waals surface area contributed by atoms with Gasteiger partial charge in [-0.1, -0.05) is 23.7 Å². The van der Waals surface area contributed by atoms with E-state index in [0.717, 1.165) is 23.9 Å². The summed E-state index contributed by atoms with van der Waals surface area (Å²) in [6, 6.07) is 10.3. The second kappa shape index (κ2) is 8.16. The number of nitro benzene ring substituents is 1. The second-order valence-corrected chi connectivity index (χ2v) is 6.61. The van der Waals surface area contributed by atoms with Gasteiger partial charge in [-0.25, -0.2) is 0 Å². The normalized spacial score (nSPS) is 12.4. The van der Waals surface area contributed by atoms with Crippen LogP contribution in [0.3, 0.4) is 0 Å². The number of halogens is 1. The lowest BCUT2D eigenvalue weighted by molar-refractivity contribution is -0.384. The molecule has 3 rings (SSSR count). The molecule has 0 saturated carbocycles. The van der Waals surface area contributed by atoms with Crippen LogP contribution in [0, 0.1) is 10.1 Å². The van der Waals surface area contributed by atoms with E-state index in [4.69, 9.17) is 11.6 Å². The molecule has 1 heterocycles. The highest BCUT2D eigenvalue weighted by atomic mass is 35.5. The van der Waals surface area contributed by atoms with Gasteiger partial charge in [-0.15, -0.1) is 11.8 Å². The van der Waals surface area contributed by atoms with Gasteiger partial charge < -0.3 is 5.48 Å². The third kappa shape index (κ3) is 4.08. The van der Waals surface area contributed by atoms with E-state index in [-0.39, 0.29) is 28.0 Å². The van der Waals surface area contributed by atoms with E-state index in [0.29, 0.717) is 14.9 Å². The van der Waals surface area contributed by atoms with Gasteiger partial charge in [0.05, 0.1) is 26.8 Å². The van der Waals surface area contributed by atoms with Crippen molar-refractivity contribution in [2.45, 2.75) is 4.90 Å². The first-order valence-corrected chi connectivity index (χ1v) is 8.59. The first-order valence-electron chi connectivity index (χ1n) is 7.22. The molecule has 0 spiro atoms. The zero-order valence-electron chi connectivity index (χ0n) is 13.5. The van der Waals surface area contributed by atoms with Crippen molar-refractivity contribution in [3.05, 3.63) is 68.7 Å². The lowest BCUT2D eigenvalue weighted by Gasteiger charge is -2.14. The number of non-ortho nitro benzene ring substituents is 1. The minimum Gasteiger partial charge on any atom is -0.412 e. The zero-order valence-corrected chi connectivity index (χ0v) is 15.0. The molecule has 0 saturated heterocycles. The Kier molecular flexibility index (Phi) is 6.16. The summed E-state index contributed by atoms with van der Waals surface area (Å²) in [7, 11) is 0. The molecular formula is C16H12ClN3O6S. The quantitative estimate of drug-likeness (QED) is 0.345. The molecule has 140 valence electrons. The number of nitro groups is 1. The molecule has 3 amide bonds. The largest absolute Gasteiger partial charge is 0.412 e. The maximum absolute atomic E-state index is 12.3. The van der Waals surface area contributed by atoms with Crippen LogP contribution >= 0.6 is 23.4 Å². The van der Waals surface area contributed by atoms with Crippen LogP contribution in [0.4, 0.5) is 5.69 Å². The van der Waals surface area contributed by atoms with Gasteiger partial charge in [0, 0.05) is 17.0 Å². The van der Waals surface area contributed by atoms with Crippen LogP contribution in [0.15, 0.2) is 47.4 Å². The van der Waals surface area contributed by atoms with Crippen molar-refractivity contribution in [2.24, 2.45) is 0 Å². The highest BCUT2D eigenvalue weighted by Crippen LogP contribution is 2.27. The molecule has 0 aliphatic carbocycles. The minimum absolute atomic E-state index is 0. The average Bonchev–Trinajstić information content (AvgIpc) is 2.85. The summed E-state index contributed by atoms with van der Waals surface area (Å²) in [5.41, 5.74) is 1.79. The Hall–Kier alpha value is -2.95. The zero-order chi connectivity index (χ0) is 18.8. The summed E-state index contributed by atoms with van der Waals surface area (Å²) < 4.78 is 0. The van der Waals surface area contributed by atoms with Crippen LogP contribution in [0.5, 0.6) is 0 Å². The molecule has 3 N–H and O–H groups in total. The molecule has 0 atom stereocenters. The SMILES string of the molecule is O.O=C(CSc1ccccc1Cl)NN1C(=O)c2ccc([N+](=O)[O-])cc2C1=O. The van der Waals surface area contributed by atoms with Crippen LogP contribution in [0.1, 0.15) is 20.7 Å². The molecule has 0 aromatic heterocycles. The van der Waals surface area contributed by atoms with Gasteiger partial charge in [0.15, 0.2) is 0 Å². The minimum atomic E-state index is -0.815. The monoisotopic (exact) mass is 409 g/mol. The molecule has 0 unspecified atom stereocenters. The molecule has 1 aliphatic heterocycles. The molecule has 1 aliphatic rings. The van der Waals surface area contributed by atoms with Crippen LogP contribution in [0.2, 0.25) is 5.02 Å². The predicted octanol–water partition coefficient (Wildman–Crippen LogP) is 1.84. The van der Waals surface area contributed by atoms with Crippen molar-refractivity contribution < 1.29 is 24.8 Å². The molecule has 0 fully saturated rings. The number of carbonyl (C=O) groups is 3. The van der Waals surface area contributed by atoms with E-state index in [1.165, 1.54) is 6.07 Å². The van der Waals surface area contributed by atoms with Gasteiger partial charge in [0.2, 0.25) is 5.91 Å². The Morgan fingerprint density at radius 2 is 1.81 bits per heavy atom. The third-order valence-electron chi connectivity index (χ3n) is 3.51. The van der Waals surface area contributed by atoms with E-state index in [9.17, 15) is 24.5 Å². The van der Waals surface area contributed by atoms with Crippen LogP contribution in [0.25, 0.3) is 0 Å². The Morgan fingerprint density at radius 3 is 2.48 bits per heavy atom. The number of hydrogen-bond donors (Lipinski definition) is 1. The molecule has 11 heteroatoms. The summed E-state index contributed by atoms with van der Waals surface area (Å²) in [6.45, 7) is 0. The smallest absolute Gasteiger partial charge is 0.280 e. The summed E-state index contributed by atoms with van der Waals surface area (Å²) in [6.07, 6.45) is 0. The number of benzene rings is 2. The Bertz CT molecular complexity index is 952. The fourth-order valence-corrected chi connectivity index (χ4v) is 3.34. The number of hydrogen-bond acceptors (Lipinski definition) is 6. The highest BCUT2D eigenvalue weighted by Gasteiger charge is 2.38. The van der Waals surface area contributed by atoms with E-state index in [2.05, 4.69) is 5.43 Å². The van der Waals surface area contributed by atoms with E-state index in [1.54, 1.807) is 24.3 Å². The number of imide groups is 1. The molecule has 27 heavy (non-hydrogen) atoms. The fourth-order valence-electron chi connectivity index (χ4n) is 2.31. The van der Waals surface area contributed by atoms with Crippen LogP contribution in [-0.2, 0) is 4.79 Å². The van der Waals surface area contributed by atoms with Gasteiger partial charge in [0.25, 0.3) is 17.5 Å². The van der Waals surface area contributed by atoms with Crippen molar-refractivity contribution in [2.75, 3.05) is 5.75 Å². The lowest BCUT2D eigenvalue weighted by Crippen LogP contribution is -2.46. The van der Waals surface area contributed by atoms with Crippen molar-refractivity contribution in [3.8, 4) is 0 Å². The van der Waals surface area contributed by atoms with Gasteiger partial charge >= 0.3 is 0 Å². The number of hydrazine groups is 1. The Morgan fingerprint density at radius 1 is 1.15 bits per heavy atom. The maximum atomic E-state index is 12.3. The Balaban J connectivity index is 0.00000261. The summed E-state index contributed by atoms with van der Waals surface area (Å²) >= 11 is 7.15. The number of amides is 3. The van der Waals surface area contributed by atoms with E-state index in [1.807, 2.05) is 0 Å². The number of thioether (sulfide) groups is 1. The maximum Gasteiger partial charge on any atom is 0.280 e. The van der Waals surface area contributed by atoms with Crippen molar-refractivity contribution in [1.82, 2.24) is 10.4 Å². The molecule has 2 aromatic carbocycles. The van der Waals surface area contributed by atoms with Gasteiger partial charge in [-0.3, -0.25) is 29.9 Å². The molecule has 9 nitrogen and oxygen atoms in total. The molecule has 0 bridgehead atoms. The molecule has 2 aromatic rings. The first kappa shape index (κ1) is 20.4. The second-order valence-electron chi connectivity index (χ2n) is 5.19. The predicted molar refractivity (Wildman–Crippen MR) is 97.5 cm³/mol. The number of fused-ring (bicyclic) bond motifs is 1. The average molecular weight is 410 g/mol.